The lowest BCUT2D eigenvalue weighted by atomic mass is 10.1. The molecular weight excluding hydrogens is 262 g/mol. The molecule has 1 aliphatic carbocycles. The summed E-state index contributed by atoms with van der Waals surface area (Å²) in [6.07, 6.45) is 6.07. The Morgan fingerprint density at radius 3 is 2.76 bits per heavy atom. The van der Waals surface area contributed by atoms with E-state index in [1.165, 1.54) is 32.2 Å². The van der Waals surface area contributed by atoms with Gasteiger partial charge in [-0.15, -0.1) is 0 Å². The zero-order valence-corrected chi connectivity index (χ0v) is 13.2. The smallest absolute Gasteiger partial charge is 0.136 e. The van der Waals surface area contributed by atoms with Gasteiger partial charge in [0, 0.05) is 31.1 Å². The fraction of sp³-hybridized carbons (Fsp3) is 0.750. The van der Waals surface area contributed by atoms with Gasteiger partial charge in [-0.3, -0.25) is 0 Å². The minimum Gasteiger partial charge on any atom is -0.370 e. The van der Waals surface area contributed by atoms with Crippen molar-refractivity contribution >= 4 is 11.6 Å². The molecule has 1 unspecified atom stereocenters. The van der Waals surface area contributed by atoms with E-state index in [1.54, 1.807) is 0 Å². The summed E-state index contributed by atoms with van der Waals surface area (Å²) in [6.45, 7) is 5.44. The summed E-state index contributed by atoms with van der Waals surface area (Å²) in [4.78, 5) is 11.8. The Kier molecular flexibility index (Phi) is 4.58. The van der Waals surface area contributed by atoms with Crippen LogP contribution in [0.2, 0.25) is 0 Å². The summed E-state index contributed by atoms with van der Waals surface area (Å²) in [5.74, 6) is 3.57. The van der Waals surface area contributed by atoms with Crippen molar-refractivity contribution in [3.8, 4) is 0 Å². The first-order valence-corrected chi connectivity index (χ1v) is 8.32. The Morgan fingerprint density at radius 2 is 2.05 bits per heavy atom. The molecule has 5 heteroatoms. The van der Waals surface area contributed by atoms with Crippen LogP contribution in [0.1, 0.15) is 50.8 Å². The Morgan fingerprint density at radius 1 is 1.24 bits per heavy atom. The van der Waals surface area contributed by atoms with E-state index in [4.69, 9.17) is 4.98 Å². The van der Waals surface area contributed by atoms with E-state index in [2.05, 4.69) is 40.6 Å². The largest absolute Gasteiger partial charge is 0.370 e. The van der Waals surface area contributed by atoms with Crippen LogP contribution in [0.4, 0.5) is 11.6 Å². The van der Waals surface area contributed by atoms with Gasteiger partial charge < -0.3 is 15.5 Å². The highest BCUT2D eigenvalue weighted by molar-refractivity contribution is 5.48. The van der Waals surface area contributed by atoms with Crippen molar-refractivity contribution in [1.29, 1.82) is 0 Å². The first-order valence-electron chi connectivity index (χ1n) is 8.32. The van der Waals surface area contributed by atoms with Crippen molar-refractivity contribution in [2.24, 2.45) is 0 Å². The van der Waals surface area contributed by atoms with E-state index in [1.807, 2.05) is 0 Å². The molecule has 2 N–H and O–H groups in total. The van der Waals surface area contributed by atoms with Crippen LogP contribution in [-0.2, 0) is 0 Å². The number of likely N-dealkylation sites (tertiary alicyclic amines) is 1. The fourth-order valence-corrected chi connectivity index (χ4v) is 2.90. The predicted molar refractivity (Wildman–Crippen MR) is 86.9 cm³/mol. The quantitative estimate of drug-likeness (QED) is 0.843. The number of hydrogen-bond donors (Lipinski definition) is 2. The molecule has 2 heterocycles. The van der Waals surface area contributed by atoms with Gasteiger partial charge in [0.05, 0.1) is 0 Å². The monoisotopic (exact) mass is 289 g/mol. The highest BCUT2D eigenvalue weighted by atomic mass is 15.2. The summed E-state index contributed by atoms with van der Waals surface area (Å²) in [7, 11) is 2.19. The number of hydrogen-bond acceptors (Lipinski definition) is 5. The third kappa shape index (κ3) is 4.06. The summed E-state index contributed by atoms with van der Waals surface area (Å²) < 4.78 is 0. The fourth-order valence-electron chi connectivity index (χ4n) is 2.90. The van der Waals surface area contributed by atoms with Crippen molar-refractivity contribution in [1.82, 2.24) is 14.9 Å². The number of piperidine rings is 1. The van der Waals surface area contributed by atoms with Crippen molar-refractivity contribution in [2.45, 2.75) is 51.0 Å². The molecule has 0 bridgehead atoms. The molecule has 1 saturated carbocycles. The molecule has 1 atom stereocenters. The van der Waals surface area contributed by atoms with Crippen molar-refractivity contribution in [2.75, 3.05) is 37.3 Å². The number of likely N-dealkylation sites (N-methyl/N-ethyl adjacent to an activating group) is 1. The van der Waals surface area contributed by atoms with Crippen molar-refractivity contribution in [3.63, 3.8) is 0 Å². The molecule has 2 aliphatic rings. The second-order valence-electron chi connectivity index (χ2n) is 6.44. The van der Waals surface area contributed by atoms with E-state index >= 15 is 0 Å². The lowest BCUT2D eigenvalue weighted by Crippen LogP contribution is -2.40. The average molecular weight is 289 g/mol. The number of rotatable bonds is 6. The van der Waals surface area contributed by atoms with Crippen LogP contribution in [-0.4, -0.2) is 47.6 Å². The van der Waals surface area contributed by atoms with Crippen LogP contribution in [0.25, 0.3) is 0 Å². The topological polar surface area (TPSA) is 53.1 Å². The van der Waals surface area contributed by atoms with Crippen molar-refractivity contribution in [3.05, 3.63) is 11.9 Å². The maximum absolute atomic E-state index is 4.74. The maximum Gasteiger partial charge on any atom is 0.136 e. The zero-order valence-electron chi connectivity index (χ0n) is 13.2. The normalized spacial score (nSPS) is 23.0. The molecule has 1 aromatic rings. The van der Waals surface area contributed by atoms with Gasteiger partial charge in [-0.25, -0.2) is 9.97 Å². The second-order valence-corrected chi connectivity index (χ2v) is 6.44. The van der Waals surface area contributed by atoms with Gasteiger partial charge in [0.1, 0.15) is 17.5 Å². The van der Waals surface area contributed by atoms with Crippen LogP contribution in [0.15, 0.2) is 6.07 Å². The van der Waals surface area contributed by atoms with Gasteiger partial charge in [0.2, 0.25) is 0 Å². The minimum absolute atomic E-state index is 0.504. The third-order valence-corrected chi connectivity index (χ3v) is 4.22. The second kappa shape index (κ2) is 6.60. The van der Waals surface area contributed by atoms with Crippen LogP contribution in [0.3, 0.4) is 0 Å². The summed E-state index contributed by atoms with van der Waals surface area (Å²) >= 11 is 0. The molecule has 3 rings (SSSR count). The van der Waals surface area contributed by atoms with Gasteiger partial charge in [0.25, 0.3) is 0 Å². The Hall–Kier alpha value is -1.36. The first kappa shape index (κ1) is 14.6. The zero-order chi connectivity index (χ0) is 14.7. The van der Waals surface area contributed by atoms with Gasteiger partial charge in [-0.2, -0.15) is 0 Å². The predicted octanol–water partition coefficient (Wildman–Crippen LogP) is 2.68. The molecule has 1 aromatic heterocycles. The van der Waals surface area contributed by atoms with Crippen LogP contribution in [0, 0.1) is 0 Å². The molecule has 0 spiro atoms. The number of nitrogens with one attached hydrogen (secondary N) is 2. The number of aromatic nitrogens is 2. The number of nitrogens with zero attached hydrogens (tertiary/aromatic N) is 3. The molecule has 116 valence electrons. The summed E-state index contributed by atoms with van der Waals surface area (Å²) in [6, 6.07) is 2.57. The Labute approximate surface area is 127 Å². The first-order chi connectivity index (χ1) is 10.2. The standard InChI is InChI=1S/C16H27N5/c1-3-8-17-14-10-15(20-16(19-14)12-6-7-12)18-13-5-4-9-21(2)11-13/h10,12-13H,3-9,11H2,1-2H3,(H2,17,18,19,20). The Balaban J connectivity index is 1.71. The van der Waals surface area contributed by atoms with E-state index in [0.29, 0.717) is 12.0 Å². The minimum atomic E-state index is 0.504. The van der Waals surface area contributed by atoms with Crippen LogP contribution >= 0.6 is 0 Å². The van der Waals surface area contributed by atoms with E-state index in [0.717, 1.165) is 37.0 Å². The SMILES string of the molecule is CCCNc1cc(NC2CCCN(C)C2)nc(C2CC2)n1. The van der Waals surface area contributed by atoms with Gasteiger partial charge in [-0.1, -0.05) is 6.92 Å². The highest BCUT2D eigenvalue weighted by Crippen LogP contribution is 2.38. The molecular formula is C16H27N5. The van der Waals surface area contributed by atoms with Gasteiger partial charge in [-0.05, 0) is 45.7 Å². The van der Waals surface area contributed by atoms with E-state index in [-0.39, 0.29) is 0 Å². The lowest BCUT2D eigenvalue weighted by Gasteiger charge is -2.30. The molecule has 0 radical (unpaired) electrons. The Bertz CT molecular complexity index is 472. The molecule has 0 aromatic carbocycles. The van der Waals surface area contributed by atoms with E-state index < -0.39 is 0 Å². The molecule has 5 nitrogen and oxygen atoms in total. The molecule has 21 heavy (non-hydrogen) atoms. The van der Waals surface area contributed by atoms with Gasteiger partial charge >= 0.3 is 0 Å². The average Bonchev–Trinajstić information content (AvgIpc) is 3.29. The van der Waals surface area contributed by atoms with Crippen molar-refractivity contribution < 1.29 is 0 Å². The maximum atomic E-state index is 4.74. The molecule has 1 saturated heterocycles. The summed E-state index contributed by atoms with van der Waals surface area (Å²) in [5, 5.41) is 7.02. The van der Waals surface area contributed by atoms with Crippen LogP contribution < -0.4 is 10.6 Å². The summed E-state index contributed by atoms with van der Waals surface area (Å²) in [5.41, 5.74) is 0. The number of anilines is 2. The molecule has 0 amide bonds. The molecule has 2 fully saturated rings. The highest BCUT2D eigenvalue weighted by Gasteiger charge is 2.27. The van der Waals surface area contributed by atoms with Crippen LogP contribution in [0.5, 0.6) is 0 Å². The van der Waals surface area contributed by atoms with Gasteiger partial charge in [0.15, 0.2) is 0 Å². The molecule has 1 aliphatic heterocycles. The van der Waals surface area contributed by atoms with E-state index in [9.17, 15) is 0 Å². The third-order valence-electron chi connectivity index (χ3n) is 4.22. The lowest BCUT2D eigenvalue weighted by molar-refractivity contribution is 0.260.